The van der Waals surface area contributed by atoms with E-state index in [1.165, 1.54) is 55.5 Å². The van der Waals surface area contributed by atoms with Crippen LogP contribution in [-0.2, 0) is 10.1 Å². The van der Waals surface area contributed by atoms with Crippen LogP contribution in [0.2, 0.25) is 0 Å². The first-order chi connectivity index (χ1) is 13.7. The Bertz CT molecular complexity index is 1190. The van der Waals surface area contributed by atoms with E-state index in [-0.39, 0.29) is 33.2 Å². The highest BCUT2D eigenvalue weighted by atomic mass is 32.2. The largest absolute Gasteiger partial charge is 0.379 e. The molecule has 0 aliphatic carbocycles. The summed E-state index contributed by atoms with van der Waals surface area (Å²) in [4.78, 5) is 22.3. The van der Waals surface area contributed by atoms with Gasteiger partial charge in [-0.2, -0.15) is 8.42 Å². The molecule has 0 radical (unpaired) electrons. The zero-order valence-corrected chi connectivity index (χ0v) is 15.9. The highest BCUT2D eigenvalue weighted by Gasteiger charge is 2.22. The third-order valence-corrected chi connectivity index (χ3v) is 5.34. The first-order valence-electron chi connectivity index (χ1n) is 8.27. The third-order valence-electron chi connectivity index (χ3n) is 4.09. The Morgan fingerprint density at radius 1 is 0.966 bits per heavy atom. The maximum Gasteiger partial charge on any atom is 0.339 e. The van der Waals surface area contributed by atoms with Crippen LogP contribution in [0.1, 0.15) is 21.5 Å². The summed E-state index contributed by atoms with van der Waals surface area (Å²) in [6.07, 6.45) is 0. The fourth-order valence-electron chi connectivity index (χ4n) is 2.55. The van der Waals surface area contributed by atoms with Crippen molar-refractivity contribution in [3.63, 3.8) is 0 Å². The molecule has 0 aliphatic rings. The predicted octanol–water partition coefficient (Wildman–Crippen LogP) is 4.04. The van der Waals surface area contributed by atoms with Gasteiger partial charge in [0.15, 0.2) is 5.78 Å². The summed E-state index contributed by atoms with van der Waals surface area (Å²) in [5.74, 6) is -0.899. The molecule has 29 heavy (non-hydrogen) atoms. The number of nitrogens with zero attached hydrogens (tertiary/aromatic N) is 1. The molecule has 0 saturated heterocycles. The van der Waals surface area contributed by atoms with Gasteiger partial charge in [-0.05, 0) is 61.5 Å². The highest BCUT2D eigenvalue weighted by molar-refractivity contribution is 7.87. The number of carbonyl (C=O) groups is 1. The van der Waals surface area contributed by atoms with Crippen molar-refractivity contribution < 1.29 is 26.7 Å². The Morgan fingerprint density at radius 3 is 2.07 bits per heavy atom. The van der Waals surface area contributed by atoms with Gasteiger partial charge in [0.25, 0.3) is 5.69 Å². The lowest BCUT2D eigenvalue weighted by molar-refractivity contribution is -0.385. The number of aryl methyl sites for hydroxylation is 1. The summed E-state index contributed by atoms with van der Waals surface area (Å²) in [5.41, 5.74) is 0.513. The Morgan fingerprint density at radius 2 is 1.52 bits per heavy atom. The molecule has 0 amide bonds. The summed E-state index contributed by atoms with van der Waals surface area (Å²) in [5, 5.41) is 11.0. The Hall–Kier alpha value is -3.59. The lowest BCUT2D eigenvalue weighted by atomic mass is 10.0. The van der Waals surface area contributed by atoms with Crippen molar-refractivity contribution in [1.82, 2.24) is 0 Å². The molecular weight excluding hydrogens is 401 g/mol. The van der Waals surface area contributed by atoms with E-state index in [0.29, 0.717) is 5.56 Å². The van der Waals surface area contributed by atoms with Gasteiger partial charge < -0.3 is 4.18 Å². The molecule has 7 nitrogen and oxygen atoms in total. The topological polar surface area (TPSA) is 104 Å². The first kappa shape index (κ1) is 20.2. The van der Waals surface area contributed by atoms with Crippen LogP contribution in [0.4, 0.5) is 10.1 Å². The molecule has 0 saturated carbocycles. The van der Waals surface area contributed by atoms with Crippen LogP contribution in [0, 0.1) is 22.9 Å². The average Bonchev–Trinajstić information content (AvgIpc) is 2.68. The number of ketones is 1. The quantitative estimate of drug-likeness (QED) is 0.260. The second-order valence-corrected chi connectivity index (χ2v) is 7.65. The molecule has 0 N–H and O–H groups in total. The minimum Gasteiger partial charge on any atom is -0.379 e. The summed E-state index contributed by atoms with van der Waals surface area (Å²) >= 11 is 0. The van der Waals surface area contributed by atoms with Crippen LogP contribution in [0.25, 0.3) is 0 Å². The number of hydrogen-bond donors (Lipinski definition) is 0. The minimum atomic E-state index is -4.31. The maximum atomic E-state index is 13.0. The van der Waals surface area contributed by atoms with E-state index in [4.69, 9.17) is 4.18 Å². The Balaban J connectivity index is 1.82. The first-order valence-corrected chi connectivity index (χ1v) is 9.68. The molecule has 3 rings (SSSR count). The van der Waals surface area contributed by atoms with Crippen LogP contribution in [0.5, 0.6) is 5.75 Å². The van der Waals surface area contributed by atoms with Gasteiger partial charge in [0, 0.05) is 22.8 Å². The molecule has 0 spiro atoms. The minimum absolute atomic E-state index is 0.0658. The van der Waals surface area contributed by atoms with E-state index < -0.39 is 20.9 Å². The zero-order chi connectivity index (χ0) is 21.2. The molecule has 0 heterocycles. The monoisotopic (exact) mass is 415 g/mol. The van der Waals surface area contributed by atoms with Crippen LogP contribution < -0.4 is 4.18 Å². The lowest BCUT2D eigenvalue weighted by Gasteiger charge is -2.08. The van der Waals surface area contributed by atoms with Crippen LogP contribution in [0.3, 0.4) is 0 Å². The fourth-order valence-corrected chi connectivity index (χ4v) is 3.50. The number of nitro groups is 1. The standard InChI is InChI=1S/C20H14FNO6S/c1-13-2-11-18(12-19(13)22(24)25)29(26,27)28-17-9-5-15(6-10-17)20(23)14-3-7-16(21)8-4-14/h2-12H,1H3. The van der Waals surface area contributed by atoms with Crippen molar-refractivity contribution in [2.75, 3.05) is 0 Å². The highest BCUT2D eigenvalue weighted by Crippen LogP contribution is 2.25. The number of benzene rings is 3. The Kier molecular flexibility index (Phi) is 5.42. The van der Waals surface area contributed by atoms with Crippen molar-refractivity contribution >= 4 is 21.6 Å². The molecule has 3 aromatic rings. The number of nitro benzene ring substituents is 1. The smallest absolute Gasteiger partial charge is 0.339 e. The van der Waals surface area contributed by atoms with Crippen molar-refractivity contribution in [3.8, 4) is 5.75 Å². The van der Waals surface area contributed by atoms with Crippen molar-refractivity contribution in [3.05, 3.63) is 99.4 Å². The normalized spacial score (nSPS) is 11.1. The molecule has 0 unspecified atom stereocenters. The molecule has 0 aromatic heterocycles. The lowest BCUT2D eigenvalue weighted by Crippen LogP contribution is -2.10. The molecule has 0 atom stereocenters. The van der Waals surface area contributed by atoms with E-state index in [1.54, 1.807) is 0 Å². The second kappa shape index (κ2) is 7.80. The number of carbonyl (C=O) groups excluding carboxylic acids is 1. The predicted molar refractivity (Wildman–Crippen MR) is 102 cm³/mol. The maximum absolute atomic E-state index is 13.0. The van der Waals surface area contributed by atoms with Gasteiger partial charge in [0.05, 0.1) is 4.92 Å². The second-order valence-electron chi connectivity index (χ2n) is 6.10. The van der Waals surface area contributed by atoms with E-state index in [1.807, 2.05) is 0 Å². The summed E-state index contributed by atoms with van der Waals surface area (Å²) in [6, 6.07) is 13.8. The molecule has 0 fully saturated rings. The molecular formula is C20H14FNO6S. The van der Waals surface area contributed by atoms with Gasteiger partial charge in [-0.3, -0.25) is 14.9 Å². The van der Waals surface area contributed by atoms with Gasteiger partial charge in [-0.1, -0.05) is 6.07 Å². The van der Waals surface area contributed by atoms with Crippen LogP contribution in [-0.4, -0.2) is 19.1 Å². The SMILES string of the molecule is Cc1ccc(S(=O)(=O)Oc2ccc(C(=O)c3ccc(F)cc3)cc2)cc1[N+](=O)[O-]. The Labute approximate surface area is 165 Å². The van der Waals surface area contributed by atoms with Crippen molar-refractivity contribution in [1.29, 1.82) is 0 Å². The van der Waals surface area contributed by atoms with Crippen LogP contribution >= 0.6 is 0 Å². The molecule has 3 aromatic carbocycles. The fraction of sp³-hybridized carbons (Fsp3) is 0.0500. The van der Waals surface area contributed by atoms with Gasteiger partial charge in [-0.25, -0.2) is 4.39 Å². The van der Waals surface area contributed by atoms with E-state index in [2.05, 4.69) is 0 Å². The third kappa shape index (κ3) is 4.46. The van der Waals surface area contributed by atoms with Gasteiger partial charge in [0.1, 0.15) is 16.5 Å². The summed E-state index contributed by atoms with van der Waals surface area (Å²) < 4.78 is 42.8. The summed E-state index contributed by atoms with van der Waals surface area (Å²) in [7, 11) is -4.31. The molecule has 0 aliphatic heterocycles. The molecule has 148 valence electrons. The number of hydrogen-bond acceptors (Lipinski definition) is 6. The van der Waals surface area contributed by atoms with Gasteiger partial charge >= 0.3 is 10.1 Å². The number of halogens is 1. The number of rotatable bonds is 6. The van der Waals surface area contributed by atoms with Gasteiger partial charge in [0.2, 0.25) is 0 Å². The van der Waals surface area contributed by atoms with Crippen LogP contribution in [0.15, 0.2) is 71.6 Å². The van der Waals surface area contributed by atoms with Crippen molar-refractivity contribution in [2.45, 2.75) is 11.8 Å². The summed E-state index contributed by atoms with van der Waals surface area (Å²) in [6.45, 7) is 1.49. The van der Waals surface area contributed by atoms with Gasteiger partial charge in [-0.15, -0.1) is 0 Å². The van der Waals surface area contributed by atoms with E-state index in [9.17, 15) is 27.7 Å². The average molecular weight is 415 g/mol. The van der Waals surface area contributed by atoms with Crippen molar-refractivity contribution in [2.24, 2.45) is 0 Å². The van der Waals surface area contributed by atoms with E-state index in [0.717, 1.165) is 18.2 Å². The van der Waals surface area contributed by atoms with E-state index >= 15 is 0 Å². The molecule has 9 heteroatoms. The molecule has 0 bridgehead atoms. The zero-order valence-electron chi connectivity index (χ0n) is 15.0.